The molecule has 2 rings (SSSR count). The van der Waals surface area contributed by atoms with E-state index in [2.05, 4.69) is 44.1 Å². The highest BCUT2D eigenvalue weighted by atomic mass is 16.5. The van der Waals surface area contributed by atoms with Gasteiger partial charge in [0.15, 0.2) is 0 Å². The van der Waals surface area contributed by atoms with Gasteiger partial charge in [0.25, 0.3) is 0 Å². The molecular formula is C17H28N2O. The van der Waals surface area contributed by atoms with Crippen molar-refractivity contribution >= 4 is 0 Å². The monoisotopic (exact) mass is 276 g/mol. The van der Waals surface area contributed by atoms with Crippen LogP contribution in [0.5, 0.6) is 5.75 Å². The van der Waals surface area contributed by atoms with Gasteiger partial charge in [0.2, 0.25) is 0 Å². The Bertz CT molecular complexity index is 466. The van der Waals surface area contributed by atoms with Crippen LogP contribution < -0.4 is 10.1 Å². The van der Waals surface area contributed by atoms with E-state index in [-0.39, 0.29) is 6.10 Å². The minimum Gasteiger partial charge on any atom is -0.489 e. The molecular weight excluding hydrogens is 248 g/mol. The average molecular weight is 276 g/mol. The predicted octanol–water partition coefficient (Wildman–Crippen LogP) is 3.81. The molecule has 0 aromatic carbocycles. The fourth-order valence-electron chi connectivity index (χ4n) is 3.55. The zero-order valence-corrected chi connectivity index (χ0v) is 13.8. The lowest BCUT2D eigenvalue weighted by molar-refractivity contribution is 0.241. The van der Waals surface area contributed by atoms with Gasteiger partial charge in [-0.1, -0.05) is 27.7 Å². The van der Waals surface area contributed by atoms with Gasteiger partial charge in [0.1, 0.15) is 5.75 Å². The molecule has 1 atom stereocenters. The summed E-state index contributed by atoms with van der Waals surface area (Å²) in [5.41, 5.74) is 1.90. The number of hydrogen-bond donors (Lipinski definition) is 1. The van der Waals surface area contributed by atoms with Crippen molar-refractivity contribution in [3.05, 3.63) is 24.0 Å². The van der Waals surface area contributed by atoms with Gasteiger partial charge in [0.05, 0.1) is 12.3 Å². The zero-order valence-electron chi connectivity index (χ0n) is 13.8. The second kappa shape index (κ2) is 5.03. The molecule has 1 unspecified atom stereocenters. The fourth-order valence-corrected chi connectivity index (χ4v) is 3.55. The van der Waals surface area contributed by atoms with E-state index in [0.29, 0.717) is 22.8 Å². The molecule has 1 saturated carbocycles. The summed E-state index contributed by atoms with van der Waals surface area (Å²) < 4.78 is 5.76. The normalized spacial score (nSPS) is 21.8. The molecule has 1 fully saturated rings. The summed E-state index contributed by atoms with van der Waals surface area (Å²) in [6.45, 7) is 13.5. The molecule has 112 valence electrons. The van der Waals surface area contributed by atoms with E-state index in [1.165, 1.54) is 5.56 Å². The lowest BCUT2D eigenvalue weighted by atomic mass is 9.98. The molecule has 1 aliphatic carbocycles. The molecule has 0 amide bonds. The summed E-state index contributed by atoms with van der Waals surface area (Å²) >= 11 is 0. The number of nitrogens with one attached hydrogen (secondary N) is 1. The van der Waals surface area contributed by atoms with Crippen molar-refractivity contribution in [1.82, 2.24) is 10.3 Å². The third-order valence-electron chi connectivity index (χ3n) is 5.24. The predicted molar refractivity (Wildman–Crippen MR) is 82.9 cm³/mol. The summed E-state index contributed by atoms with van der Waals surface area (Å²) in [6.07, 6.45) is 3.92. The Morgan fingerprint density at radius 1 is 1.15 bits per heavy atom. The number of hydrogen-bond acceptors (Lipinski definition) is 3. The first-order valence-electron chi connectivity index (χ1n) is 7.50. The second-order valence-corrected chi connectivity index (χ2v) is 7.31. The van der Waals surface area contributed by atoms with Gasteiger partial charge in [-0.2, -0.15) is 0 Å². The highest BCUT2D eigenvalue weighted by molar-refractivity contribution is 5.30. The standard InChI is InChI=1S/C17H28N2O/c1-11(2)20-13-8-12(9-19-10-13)14(18-7)15-16(3,4)17(15,5)6/h8-11,14-15,18H,1-7H3. The van der Waals surface area contributed by atoms with Crippen LogP contribution in [0.3, 0.4) is 0 Å². The third kappa shape index (κ3) is 2.44. The third-order valence-corrected chi connectivity index (χ3v) is 5.24. The highest BCUT2D eigenvalue weighted by Gasteiger charge is 2.67. The van der Waals surface area contributed by atoms with Crippen LogP contribution in [-0.2, 0) is 0 Å². The lowest BCUT2D eigenvalue weighted by Crippen LogP contribution is -2.21. The Morgan fingerprint density at radius 3 is 2.20 bits per heavy atom. The zero-order chi connectivity index (χ0) is 15.1. The van der Waals surface area contributed by atoms with E-state index in [4.69, 9.17) is 4.74 Å². The molecule has 3 nitrogen and oxygen atoms in total. The summed E-state index contributed by atoms with van der Waals surface area (Å²) in [7, 11) is 2.03. The van der Waals surface area contributed by atoms with E-state index in [0.717, 1.165) is 5.75 Å². The molecule has 0 radical (unpaired) electrons. The molecule has 3 heteroatoms. The first kappa shape index (κ1) is 15.3. The van der Waals surface area contributed by atoms with E-state index in [1.54, 1.807) is 6.20 Å². The smallest absolute Gasteiger partial charge is 0.138 e. The summed E-state index contributed by atoms with van der Waals surface area (Å²) in [4.78, 5) is 4.35. The number of pyridine rings is 1. The van der Waals surface area contributed by atoms with Crippen LogP contribution >= 0.6 is 0 Å². The minimum atomic E-state index is 0.175. The van der Waals surface area contributed by atoms with Gasteiger partial charge in [-0.15, -0.1) is 0 Å². The number of rotatable bonds is 5. The van der Waals surface area contributed by atoms with Crippen LogP contribution in [0.25, 0.3) is 0 Å². The molecule has 1 heterocycles. The number of aromatic nitrogens is 1. The summed E-state index contributed by atoms with van der Waals surface area (Å²) in [5, 5.41) is 3.48. The molecule has 0 bridgehead atoms. The van der Waals surface area contributed by atoms with Crippen molar-refractivity contribution in [3.63, 3.8) is 0 Å². The van der Waals surface area contributed by atoms with Gasteiger partial charge >= 0.3 is 0 Å². The molecule has 1 aliphatic rings. The number of nitrogens with zero attached hydrogens (tertiary/aromatic N) is 1. The molecule has 1 aromatic heterocycles. The highest BCUT2D eigenvalue weighted by Crippen LogP contribution is 2.72. The largest absolute Gasteiger partial charge is 0.489 e. The van der Waals surface area contributed by atoms with Crippen molar-refractivity contribution in [2.45, 2.75) is 53.7 Å². The topological polar surface area (TPSA) is 34.2 Å². The van der Waals surface area contributed by atoms with Gasteiger partial charge in [0, 0.05) is 12.2 Å². The van der Waals surface area contributed by atoms with Gasteiger partial charge in [-0.25, -0.2) is 0 Å². The summed E-state index contributed by atoms with van der Waals surface area (Å²) in [6, 6.07) is 2.45. The SMILES string of the molecule is CNC(c1cncc(OC(C)C)c1)C1C(C)(C)C1(C)C. The van der Waals surface area contributed by atoms with Crippen molar-refractivity contribution in [3.8, 4) is 5.75 Å². The van der Waals surface area contributed by atoms with Crippen LogP contribution in [0.4, 0.5) is 0 Å². The van der Waals surface area contributed by atoms with Crippen molar-refractivity contribution in [2.24, 2.45) is 16.7 Å². The Kier molecular flexibility index (Phi) is 3.85. The van der Waals surface area contributed by atoms with E-state index in [9.17, 15) is 0 Å². The Balaban J connectivity index is 2.25. The summed E-state index contributed by atoms with van der Waals surface area (Å²) in [5.74, 6) is 1.46. The van der Waals surface area contributed by atoms with Crippen LogP contribution in [0.15, 0.2) is 18.5 Å². The van der Waals surface area contributed by atoms with Crippen molar-refractivity contribution in [1.29, 1.82) is 0 Å². The molecule has 1 aromatic rings. The van der Waals surface area contributed by atoms with Crippen LogP contribution in [-0.4, -0.2) is 18.1 Å². The minimum absolute atomic E-state index is 0.175. The molecule has 0 saturated heterocycles. The Hall–Kier alpha value is -1.09. The average Bonchev–Trinajstić information content (AvgIpc) is 2.73. The quantitative estimate of drug-likeness (QED) is 0.888. The van der Waals surface area contributed by atoms with Crippen LogP contribution in [0.1, 0.15) is 53.1 Å². The first-order valence-corrected chi connectivity index (χ1v) is 7.50. The Morgan fingerprint density at radius 2 is 1.75 bits per heavy atom. The molecule has 1 N–H and O–H groups in total. The Labute approximate surface area is 123 Å². The van der Waals surface area contributed by atoms with E-state index in [1.807, 2.05) is 27.1 Å². The van der Waals surface area contributed by atoms with E-state index < -0.39 is 0 Å². The maximum absolute atomic E-state index is 5.76. The maximum atomic E-state index is 5.76. The molecule has 0 spiro atoms. The van der Waals surface area contributed by atoms with Gasteiger partial charge in [-0.3, -0.25) is 4.98 Å². The lowest BCUT2D eigenvalue weighted by Gasteiger charge is -2.20. The molecule has 0 aliphatic heterocycles. The van der Waals surface area contributed by atoms with Crippen molar-refractivity contribution in [2.75, 3.05) is 7.05 Å². The first-order chi connectivity index (χ1) is 9.21. The maximum Gasteiger partial charge on any atom is 0.138 e. The molecule has 20 heavy (non-hydrogen) atoms. The van der Waals surface area contributed by atoms with E-state index >= 15 is 0 Å². The van der Waals surface area contributed by atoms with Gasteiger partial charge < -0.3 is 10.1 Å². The van der Waals surface area contributed by atoms with Crippen LogP contribution in [0, 0.1) is 16.7 Å². The van der Waals surface area contributed by atoms with Gasteiger partial charge in [-0.05, 0) is 49.3 Å². The van der Waals surface area contributed by atoms with Crippen LogP contribution in [0.2, 0.25) is 0 Å². The number of ether oxygens (including phenoxy) is 1. The van der Waals surface area contributed by atoms with Crippen molar-refractivity contribution < 1.29 is 4.74 Å². The fraction of sp³-hybridized carbons (Fsp3) is 0.706. The second-order valence-electron chi connectivity index (χ2n) is 7.31.